The molecule has 244 valence electrons. The molecular formula is C33H47Cl2FN4O4. The van der Waals surface area contributed by atoms with Gasteiger partial charge >= 0.3 is 5.97 Å². The third kappa shape index (κ3) is 8.82. The lowest BCUT2D eigenvalue weighted by atomic mass is 9.91. The van der Waals surface area contributed by atoms with Gasteiger partial charge in [0.1, 0.15) is 5.82 Å². The van der Waals surface area contributed by atoms with Crippen molar-refractivity contribution in [3.63, 3.8) is 0 Å². The first-order valence-electron chi connectivity index (χ1n) is 16.0. The summed E-state index contributed by atoms with van der Waals surface area (Å²) in [6, 6.07) is 4.59. The summed E-state index contributed by atoms with van der Waals surface area (Å²) >= 11 is 0. The lowest BCUT2D eigenvalue weighted by molar-refractivity contribution is -0.151. The van der Waals surface area contributed by atoms with Gasteiger partial charge in [0.25, 0.3) is 5.56 Å². The average Bonchev–Trinajstić information content (AvgIpc) is 3.40. The molecule has 2 aromatic heterocycles. The van der Waals surface area contributed by atoms with Gasteiger partial charge in [0.2, 0.25) is 0 Å². The standard InChI is InChI=1S/C33H45FN4O4.2ClH/c1-3-4-5-6-7-8-9-12-30(39)41-28-11-10-18-38-32(28)35-23(2)26(33(38)40)17-21-37-19-15-24(16-20-37)31-27-14-13-25(34)22-29(27)42-36-31;;/h13-14,22,24,28H,3-12,15-21H2,1-2H3;2*1H. The summed E-state index contributed by atoms with van der Waals surface area (Å²) in [6.45, 7) is 7.30. The van der Waals surface area contributed by atoms with Crippen LogP contribution in [0.5, 0.6) is 0 Å². The molecule has 0 aliphatic carbocycles. The molecule has 4 heterocycles. The predicted octanol–water partition coefficient (Wildman–Crippen LogP) is 7.62. The number of hydrogen-bond donors (Lipinski definition) is 0. The predicted molar refractivity (Wildman–Crippen MR) is 174 cm³/mol. The Balaban J connectivity index is 0.00000264. The molecule has 2 aliphatic rings. The van der Waals surface area contributed by atoms with Crippen molar-refractivity contribution >= 4 is 41.8 Å². The zero-order chi connectivity index (χ0) is 29.5. The maximum Gasteiger partial charge on any atom is 0.306 e. The van der Waals surface area contributed by atoms with Gasteiger partial charge in [-0.2, -0.15) is 0 Å². The highest BCUT2D eigenvalue weighted by molar-refractivity contribution is 5.85. The van der Waals surface area contributed by atoms with Gasteiger partial charge in [-0.05, 0) is 70.7 Å². The molecule has 1 atom stereocenters. The minimum Gasteiger partial charge on any atom is -0.454 e. The molecule has 2 aliphatic heterocycles. The number of carbonyl (C=O) groups is 1. The summed E-state index contributed by atoms with van der Waals surface area (Å²) in [4.78, 5) is 33.3. The molecule has 0 spiro atoms. The van der Waals surface area contributed by atoms with Crippen molar-refractivity contribution in [3.05, 3.63) is 57.1 Å². The van der Waals surface area contributed by atoms with E-state index in [1.165, 1.54) is 37.8 Å². The van der Waals surface area contributed by atoms with Crippen molar-refractivity contribution < 1.29 is 18.4 Å². The fourth-order valence-corrected chi connectivity index (χ4v) is 6.52. The van der Waals surface area contributed by atoms with E-state index in [9.17, 15) is 14.0 Å². The van der Waals surface area contributed by atoms with Crippen molar-refractivity contribution in [3.8, 4) is 0 Å². The number of esters is 1. The van der Waals surface area contributed by atoms with Crippen LogP contribution in [-0.4, -0.2) is 45.2 Å². The van der Waals surface area contributed by atoms with Crippen LogP contribution in [0.1, 0.15) is 119 Å². The molecule has 5 rings (SSSR count). The number of ether oxygens (including phenoxy) is 1. The highest BCUT2D eigenvalue weighted by Crippen LogP contribution is 2.33. The minimum atomic E-state index is -0.445. The molecule has 1 aromatic carbocycles. The lowest BCUT2D eigenvalue weighted by Crippen LogP contribution is -2.38. The fraction of sp³-hybridized carbons (Fsp3) is 0.636. The van der Waals surface area contributed by atoms with Crippen LogP contribution in [0, 0.1) is 12.7 Å². The van der Waals surface area contributed by atoms with Gasteiger partial charge in [-0.15, -0.1) is 24.8 Å². The van der Waals surface area contributed by atoms with Crippen LogP contribution in [-0.2, 0) is 22.5 Å². The Morgan fingerprint density at radius 3 is 2.52 bits per heavy atom. The van der Waals surface area contributed by atoms with Crippen LogP contribution in [0.15, 0.2) is 27.5 Å². The first-order valence-corrected chi connectivity index (χ1v) is 16.0. The Kier molecular flexibility index (Phi) is 14.1. The molecular weight excluding hydrogens is 606 g/mol. The highest BCUT2D eigenvalue weighted by atomic mass is 35.5. The summed E-state index contributed by atoms with van der Waals surface area (Å²) < 4.78 is 26.5. The van der Waals surface area contributed by atoms with Crippen molar-refractivity contribution in [2.45, 2.75) is 116 Å². The molecule has 1 unspecified atom stereocenters. The number of fused-ring (bicyclic) bond motifs is 2. The van der Waals surface area contributed by atoms with Crippen LogP contribution in [0.25, 0.3) is 11.0 Å². The van der Waals surface area contributed by atoms with E-state index in [2.05, 4.69) is 17.0 Å². The number of carbonyl (C=O) groups excluding carboxylic acids is 1. The SMILES string of the molecule is CCCCCCCCCC(=O)OC1CCCn2c1nc(C)c(CCN1CCC(c3noc4cc(F)ccc34)CC1)c2=O.Cl.Cl. The van der Waals surface area contributed by atoms with Crippen LogP contribution in [0.3, 0.4) is 0 Å². The Hall–Kier alpha value is -2.49. The average molecular weight is 654 g/mol. The zero-order valence-corrected chi connectivity index (χ0v) is 27.7. The first kappa shape index (κ1) is 36.0. The molecule has 0 radical (unpaired) electrons. The van der Waals surface area contributed by atoms with Crippen molar-refractivity contribution in [2.24, 2.45) is 0 Å². The van der Waals surface area contributed by atoms with E-state index < -0.39 is 6.10 Å². The van der Waals surface area contributed by atoms with E-state index in [4.69, 9.17) is 14.2 Å². The van der Waals surface area contributed by atoms with Gasteiger partial charge in [0, 0.05) is 48.1 Å². The highest BCUT2D eigenvalue weighted by Gasteiger charge is 2.29. The van der Waals surface area contributed by atoms with Gasteiger partial charge in [0.15, 0.2) is 17.5 Å². The number of unbranched alkanes of at least 4 members (excludes halogenated alkanes) is 6. The maximum atomic E-state index is 13.5. The minimum absolute atomic E-state index is 0. The van der Waals surface area contributed by atoms with Crippen LogP contribution >= 0.6 is 24.8 Å². The molecule has 11 heteroatoms. The summed E-state index contributed by atoms with van der Waals surface area (Å²) in [5.41, 5.74) is 2.89. The molecule has 0 N–H and O–H groups in total. The number of aryl methyl sites for hydroxylation is 1. The van der Waals surface area contributed by atoms with E-state index in [-0.39, 0.29) is 48.1 Å². The molecule has 0 saturated carbocycles. The molecule has 1 saturated heterocycles. The van der Waals surface area contributed by atoms with Crippen molar-refractivity contribution in [2.75, 3.05) is 19.6 Å². The zero-order valence-electron chi connectivity index (χ0n) is 26.0. The second kappa shape index (κ2) is 17.3. The monoisotopic (exact) mass is 652 g/mol. The Morgan fingerprint density at radius 1 is 1.05 bits per heavy atom. The number of benzene rings is 1. The van der Waals surface area contributed by atoms with E-state index in [0.717, 1.165) is 80.5 Å². The molecule has 1 fully saturated rings. The fourth-order valence-electron chi connectivity index (χ4n) is 6.52. The summed E-state index contributed by atoms with van der Waals surface area (Å²) in [5.74, 6) is 0.363. The summed E-state index contributed by atoms with van der Waals surface area (Å²) in [6.07, 6.45) is 12.1. The van der Waals surface area contributed by atoms with Gasteiger partial charge in [-0.25, -0.2) is 9.37 Å². The topological polar surface area (TPSA) is 90.5 Å². The second-order valence-corrected chi connectivity index (χ2v) is 12.1. The van der Waals surface area contributed by atoms with Crippen LogP contribution < -0.4 is 5.56 Å². The largest absolute Gasteiger partial charge is 0.454 e. The number of likely N-dealkylation sites (tertiary alicyclic amines) is 1. The van der Waals surface area contributed by atoms with Crippen molar-refractivity contribution in [1.29, 1.82) is 0 Å². The number of hydrogen-bond acceptors (Lipinski definition) is 7. The van der Waals surface area contributed by atoms with Crippen LogP contribution in [0.4, 0.5) is 4.39 Å². The van der Waals surface area contributed by atoms with Gasteiger partial charge in [-0.1, -0.05) is 50.6 Å². The normalized spacial score (nSPS) is 17.1. The van der Waals surface area contributed by atoms with E-state index in [1.54, 1.807) is 10.6 Å². The first-order chi connectivity index (χ1) is 20.4. The Labute approximate surface area is 271 Å². The van der Waals surface area contributed by atoms with E-state index >= 15 is 0 Å². The van der Waals surface area contributed by atoms with Gasteiger partial charge in [-0.3, -0.25) is 14.2 Å². The lowest BCUT2D eigenvalue weighted by Gasteiger charge is -2.31. The summed E-state index contributed by atoms with van der Waals surface area (Å²) in [7, 11) is 0. The number of aromatic nitrogens is 3. The maximum absolute atomic E-state index is 13.5. The second-order valence-electron chi connectivity index (χ2n) is 12.1. The summed E-state index contributed by atoms with van der Waals surface area (Å²) in [5, 5.41) is 5.14. The quantitative estimate of drug-likeness (QED) is 0.139. The molecule has 3 aromatic rings. The Morgan fingerprint density at radius 2 is 1.77 bits per heavy atom. The number of nitrogens with zero attached hydrogens (tertiary/aromatic N) is 4. The Bertz CT molecular complexity index is 1420. The van der Waals surface area contributed by atoms with Crippen LogP contribution in [0.2, 0.25) is 0 Å². The van der Waals surface area contributed by atoms with E-state index in [0.29, 0.717) is 37.2 Å². The number of piperidine rings is 1. The molecule has 0 amide bonds. The number of halogens is 3. The smallest absolute Gasteiger partial charge is 0.306 e. The molecule has 8 nitrogen and oxygen atoms in total. The molecule has 0 bridgehead atoms. The van der Waals surface area contributed by atoms with E-state index in [1.807, 2.05) is 6.92 Å². The third-order valence-corrected chi connectivity index (χ3v) is 9.01. The third-order valence-electron chi connectivity index (χ3n) is 9.01. The van der Waals surface area contributed by atoms with Gasteiger partial charge < -0.3 is 14.2 Å². The van der Waals surface area contributed by atoms with Crippen molar-refractivity contribution in [1.82, 2.24) is 19.6 Å². The number of rotatable bonds is 13. The molecule has 44 heavy (non-hydrogen) atoms. The van der Waals surface area contributed by atoms with Gasteiger partial charge in [0.05, 0.1) is 5.69 Å².